The fourth-order valence-electron chi connectivity index (χ4n) is 2.78. The van der Waals surface area contributed by atoms with Gasteiger partial charge in [-0.2, -0.15) is 0 Å². The quantitative estimate of drug-likeness (QED) is 0.541. The first-order chi connectivity index (χ1) is 7.72. The van der Waals surface area contributed by atoms with Crippen molar-refractivity contribution < 1.29 is 0 Å². The van der Waals surface area contributed by atoms with Gasteiger partial charge in [0, 0.05) is 12.4 Å². The van der Waals surface area contributed by atoms with Crippen LogP contribution in [-0.2, 0) is 0 Å². The lowest BCUT2D eigenvalue weighted by atomic mass is 9.73. The topological polar surface area (TPSA) is 66.7 Å². The van der Waals surface area contributed by atoms with Crippen LogP contribution in [0, 0.1) is 17.8 Å². The SMILES string of the molecule is CC1CCC(C(NN)c2ncc[nH]2)CC1C. The van der Waals surface area contributed by atoms with Crippen molar-refractivity contribution in [1.82, 2.24) is 15.4 Å². The van der Waals surface area contributed by atoms with Gasteiger partial charge in [0.05, 0.1) is 6.04 Å². The van der Waals surface area contributed by atoms with Crippen molar-refractivity contribution in [2.24, 2.45) is 23.6 Å². The van der Waals surface area contributed by atoms with Gasteiger partial charge in [0.2, 0.25) is 0 Å². The second kappa shape index (κ2) is 4.97. The fourth-order valence-corrected chi connectivity index (χ4v) is 2.78. The van der Waals surface area contributed by atoms with Crippen LogP contribution >= 0.6 is 0 Å². The van der Waals surface area contributed by atoms with Crippen LogP contribution in [0.3, 0.4) is 0 Å². The van der Waals surface area contributed by atoms with Gasteiger partial charge >= 0.3 is 0 Å². The standard InChI is InChI=1S/C12H22N4/c1-8-3-4-10(7-9(8)2)11(16-13)12-14-5-6-15-12/h5-6,8-11,16H,3-4,7,13H2,1-2H3,(H,14,15). The lowest BCUT2D eigenvalue weighted by Crippen LogP contribution is -2.37. The van der Waals surface area contributed by atoms with E-state index in [1.807, 2.05) is 6.20 Å². The van der Waals surface area contributed by atoms with Crippen molar-refractivity contribution in [3.63, 3.8) is 0 Å². The third-order valence-corrected chi connectivity index (χ3v) is 4.10. The molecule has 0 saturated heterocycles. The first-order valence-electron chi connectivity index (χ1n) is 6.17. The van der Waals surface area contributed by atoms with Gasteiger partial charge in [-0.1, -0.05) is 20.3 Å². The van der Waals surface area contributed by atoms with Crippen LogP contribution in [0.4, 0.5) is 0 Å². The molecule has 0 spiro atoms. The Morgan fingerprint density at radius 2 is 2.25 bits per heavy atom. The number of aromatic nitrogens is 2. The molecule has 0 aliphatic heterocycles. The van der Waals surface area contributed by atoms with Crippen LogP contribution < -0.4 is 11.3 Å². The highest BCUT2D eigenvalue weighted by molar-refractivity contribution is 4.99. The van der Waals surface area contributed by atoms with Gasteiger partial charge < -0.3 is 4.98 Å². The highest BCUT2D eigenvalue weighted by atomic mass is 15.3. The Morgan fingerprint density at radius 3 is 2.81 bits per heavy atom. The van der Waals surface area contributed by atoms with E-state index < -0.39 is 0 Å². The zero-order chi connectivity index (χ0) is 11.5. The summed E-state index contributed by atoms with van der Waals surface area (Å²) in [5.74, 6) is 8.85. The molecule has 1 fully saturated rings. The van der Waals surface area contributed by atoms with Crippen LogP contribution in [0.1, 0.15) is 45.0 Å². The van der Waals surface area contributed by atoms with Crippen molar-refractivity contribution in [3.8, 4) is 0 Å². The molecule has 1 aromatic rings. The number of nitrogens with one attached hydrogen (secondary N) is 2. The molecule has 0 radical (unpaired) electrons. The van der Waals surface area contributed by atoms with Gasteiger partial charge in [0.25, 0.3) is 0 Å². The molecule has 0 bridgehead atoms. The summed E-state index contributed by atoms with van der Waals surface area (Å²) in [6.07, 6.45) is 7.41. The van der Waals surface area contributed by atoms with E-state index in [2.05, 4.69) is 29.2 Å². The molecule has 1 aliphatic rings. The maximum absolute atomic E-state index is 5.66. The summed E-state index contributed by atoms with van der Waals surface area (Å²) in [5.41, 5.74) is 2.92. The maximum atomic E-state index is 5.66. The fraction of sp³-hybridized carbons (Fsp3) is 0.750. The Bertz CT molecular complexity index is 309. The lowest BCUT2D eigenvalue weighted by Gasteiger charge is -2.35. The van der Waals surface area contributed by atoms with Gasteiger partial charge in [0.1, 0.15) is 5.82 Å². The third kappa shape index (κ3) is 2.28. The molecule has 1 heterocycles. The van der Waals surface area contributed by atoms with Gasteiger partial charge in [-0.05, 0) is 30.6 Å². The van der Waals surface area contributed by atoms with E-state index in [1.54, 1.807) is 6.20 Å². The number of hydrogen-bond donors (Lipinski definition) is 3. The number of imidazole rings is 1. The largest absolute Gasteiger partial charge is 0.347 e. The molecule has 0 aromatic carbocycles. The molecule has 0 amide bonds. The maximum Gasteiger partial charge on any atom is 0.124 e. The molecule has 1 saturated carbocycles. The van der Waals surface area contributed by atoms with E-state index in [0.717, 1.165) is 17.7 Å². The Labute approximate surface area is 97.0 Å². The number of hydrogen-bond acceptors (Lipinski definition) is 3. The molecule has 4 heteroatoms. The average Bonchev–Trinajstić information content (AvgIpc) is 2.78. The predicted molar refractivity (Wildman–Crippen MR) is 64.3 cm³/mol. The van der Waals surface area contributed by atoms with E-state index in [0.29, 0.717) is 5.92 Å². The second-order valence-corrected chi connectivity index (χ2v) is 5.15. The van der Waals surface area contributed by atoms with Crippen molar-refractivity contribution in [1.29, 1.82) is 0 Å². The minimum absolute atomic E-state index is 0.171. The third-order valence-electron chi connectivity index (χ3n) is 4.10. The molecule has 4 unspecified atom stereocenters. The molecule has 90 valence electrons. The monoisotopic (exact) mass is 222 g/mol. The summed E-state index contributed by atoms with van der Waals surface area (Å²) in [4.78, 5) is 7.47. The van der Waals surface area contributed by atoms with Crippen molar-refractivity contribution in [2.75, 3.05) is 0 Å². The van der Waals surface area contributed by atoms with E-state index in [9.17, 15) is 0 Å². The van der Waals surface area contributed by atoms with E-state index >= 15 is 0 Å². The highest BCUT2D eigenvalue weighted by Gasteiger charge is 2.31. The van der Waals surface area contributed by atoms with Crippen LogP contribution in [0.2, 0.25) is 0 Å². The van der Waals surface area contributed by atoms with E-state index in [1.165, 1.54) is 19.3 Å². The molecule has 4 N–H and O–H groups in total. The van der Waals surface area contributed by atoms with E-state index in [-0.39, 0.29) is 6.04 Å². The Kier molecular flexibility index (Phi) is 3.61. The van der Waals surface area contributed by atoms with Crippen molar-refractivity contribution >= 4 is 0 Å². The van der Waals surface area contributed by atoms with Gasteiger partial charge in [-0.25, -0.2) is 10.4 Å². The zero-order valence-corrected chi connectivity index (χ0v) is 10.1. The van der Waals surface area contributed by atoms with Crippen LogP contribution in [0.25, 0.3) is 0 Å². The van der Waals surface area contributed by atoms with Crippen LogP contribution in [-0.4, -0.2) is 9.97 Å². The molecule has 16 heavy (non-hydrogen) atoms. The number of hydrazine groups is 1. The summed E-state index contributed by atoms with van der Waals surface area (Å²) in [5, 5.41) is 0. The van der Waals surface area contributed by atoms with Crippen LogP contribution in [0.15, 0.2) is 12.4 Å². The Morgan fingerprint density at radius 1 is 1.44 bits per heavy atom. The zero-order valence-electron chi connectivity index (χ0n) is 10.1. The lowest BCUT2D eigenvalue weighted by molar-refractivity contribution is 0.168. The van der Waals surface area contributed by atoms with Crippen molar-refractivity contribution in [3.05, 3.63) is 18.2 Å². The summed E-state index contributed by atoms with van der Waals surface area (Å²) in [6, 6.07) is 0.171. The number of nitrogens with two attached hydrogens (primary N) is 1. The number of aromatic amines is 1. The predicted octanol–water partition coefficient (Wildman–Crippen LogP) is 1.99. The van der Waals surface area contributed by atoms with Crippen LogP contribution in [0.5, 0.6) is 0 Å². The van der Waals surface area contributed by atoms with E-state index in [4.69, 9.17) is 5.84 Å². The Hall–Kier alpha value is -0.870. The molecule has 4 atom stereocenters. The summed E-state index contributed by atoms with van der Waals surface area (Å²) in [6.45, 7) is 4.69. The van der Waals surface area contributed by atoms with Crippen molar-refractivity contribution in [2.45, 2.75) is 39.2 Å². The molecular weight excluding hydrogens is 200 g/mol. The number of H-pyrrole nitrogens is 1. The highest BCUT2D eigenvalue weighted by Crippen LogP contribution is 2.38. The summed E-state index contributed by atoms with van der Waals surface area (Å²) in [7, 11) is 0. The number of nitrogens with zero attached hydrogens (tertiary/aromatic N) is 1. The van der Waals surface area contributed by atoms with Gasteiger partial charge in [-0.3, -0.25) is 5.84 Å². The summed E-state index contributed by atoms with van der Waals surface area (Å²) < 4.78 is 0. The first-order valence-corrected chi connectivity index (χ1v) is 6.17. The molecule has 1 aromatic heterocycles. The molecule has 1 aliphatic carbocycles. The minimum Gasteiger partial charge on any atom is -0.347 e. The minimum atomic E-state index is 0.171. The normalized spacial score (nSPS) is 32.6. The number of rotatable bonds is 3. The summed E-state index contributed by atoms with van der Waals surface area (Å²) >= 11 is 0. The smallest absolute Gasteiger partial charge is 0.124 e. The first kappa shape index (κ1) is 11.6. The van der Waals surface area contributed by atoms with Gasteiger partial charge in [0.15, 0.2) is 0 Å². The molecule has 2 rings (SSSR count). The Balaban J connectivity index is 2.05. The second-order valence-electron chi connectivity index (χ2n) is 5.15. The molecular formula is C12H22N4. The molecule has 4 nitrogen and oxygen atoms in total. The van der Waals surface area contributed by atoms with Gasteiger partial charge in [-0.15, -0.1) is 0 Å². The average molecular weight is 222 g/mol.